The van der Waals surface area contributed by atoms with E-state index in [2.05, 4.69) is 4.98 Å². The largest absolute Gasteiger partial charge is 0.507 e. The first kappa shape index (κ1) is 23.2. The minimum absolute atomic E-state index is 0.000491. The highest BCUT2D eigenvalue weighted by Gasteiger charge is 2.48. The standard InChI is InChI=1S/C28H22Cl2N2O3/c1-14-8-10-18(12-15(14)2)32-25(23-16(3)31-22-7-5-4-6-19(22)23)24(27(34)28(32)35)26(33)17-9-11-20(29)21(30)13-17/h4-13,25,31,33H,1-3H3/b26-24+. The number of aliphatic hydroxyl groups excluding tert-OH is 1. The first-order chi connectivity index (χ1) is 16.7. The first-order valence-electron chi connectivity index (χ1n) is 11.1. The zero-order valence-electron chi connectivity index (χ0n) is 19.3. The van der Waals surface area contributed by atoms with Gasteiger partial charge in [0.15, 0.2) is 0 Å². The van der Waals surface area contributed by atoms with Crippen LogP contribution in [0.5, 0.6) is 0 Å². The van der Waals surface area contributed by atoms with E-state index in [9.17, 15) is 14.7 Å². The molecule has 0 bridgehead atoms. The number of hydrogen-bond acceptors (Lipinski definition) is 3. The predicted molar refractivity (Wildman–Crippen MR) is 140 cm³/mol. The lowest BCUT2D eigenvalue weighted by Crippen LogP contribution is -2.29. The minimum atomic E-state index is -0.845. The number of nitrogens with zero attached hydrogens (tertiary/aromatic N) is 1. The molecule has 0 radical (unpaired) electrons. The number of aliphatic hydroxyl groups is 1. The third-order valence-corrected chi connectivity index (χ3v) is 7.36. The molecule has 1 atom stereocenters. The van der Waals surface area contributed by atoms with Crippen molar-refractivity contribution in [3.8, 4) is 0 Å². The molecule has 35 heavy (non-hydrogen) atoms. The summed E-state index contributed by atoms with van der Waals surface area (Å²) in [6, 6.07) is 17.1. The third kappa shape index (κ3) is 3.72. The van der Waals surface area contributed by atoms with Crippen LogP contribution in [-0.4, -0.2) is 21.8 Å². The highest BCUT2D eigenvalue weighted by atomic mass is 35.5. The Morgan fingerprint density at radius 1 is 0.914 bits per heavy atom. The van der Waals surface area contributed by atoms with Gasteiger partial charge in [-0.25, -0.2) is 0 Å². The maximum atomic E-state index is 13.5. The van der Waals surface area contributed by atoms with Crippen molar-refractivity contribution in [2.75, 3.05) is 4.90 Å². The number of ketones is 1. The van der Waals surface area contributed by atoms with Gasteiger partial charge in [0.25, 0.3) is 11.7 Å². The Morgan fingerprint density at radius 3 is 2.37 bits per heavy atom. The van der Waals surface area contributed by atoms with Gasteiger partial charge in [-0.2, -0.15) is 0 Å². The average Bonchev–Trinajstić information content (AvgIpc) is 3.29. The zero-order chi connectivity index (χ0) is 25.0. The van der Waals surface area contributed by atoms with Gasteiger partial charge in [0.1, 0.15) is 5.76 Å². The van der Waals surface area contributed by atoms with Crippen LogP contribution in [-0.2, 0) is 9.59 Å². The van der Waals surface area contributed by atoms with Crippen LogP contribution in [0.2, 0.25) is 10.0 Å². The predicted octanol–water partition coefficient (Wildman–Crippen LogP) is 7.03. The number of amides is 1. The molecule has 1 fully saturated rings. The van der Waals surface area contributed by atoms with Crippen molar-refractivity contribution in [2.45, 2.75) is 26.8 Å². The molecular formula is C28H22Cl2N2O3. The molecule has 4 aromatic rings. The van der Waals surface area contributed by atoms with E-state index in [1.807, 2.05) is 63.2 Å². The van der Waals surface area contributed by atoms with E-state index < -0.39 is 17.7 Å². The number of fused-ring (bicyclic) bond motifs is 1. The van der Waals surface area contributed by atoms with Gasteiger partial charge < -0.3 is 10.1 Å². The summed E-state index contributed by atoms with van der Waals surface area (Å²) in [6.07, 6.45) is 0. The Kier molecular flexibility index (Phi) is 5.70. The van der Waals surface area contributed by atoms with Gasteiger partial charge in [0.2, 0.25) is 0 Å². The van der Waals surface area contributed by atoms with Crippen LogP contribution in [0.3, 0.4) is 0 Å². The summed E-state index contributed by atoms with van der Waals surface area (Å²) in [4.78, 5) is 31.8. The smallest absolute Gasteiger partial charge is 0.300 e. The molecule has 2 N–H and O–H groups in total. The van der Waals surface area contributed by atoms with E-state index >= 15 is 0 Å². The lowest BCUT2D eigenvalue weighted by atomic mass is 9.93. The second-order valence-electron chi connectivity index (χ2n) is 8.78. The Morgan fingerprint density at radius 2 is 1.66 bits per heavy atom. The van der Waals surface area contributed by atoms with Crippen molar-refractivity contribution in [3.05, 3.63) is 104 Å². The lowest BCUT2D eigenvalue weighted by molar-refractivity contribution is -0.132. The first-order valence-corrected chi connectivity index (χ1v) is 11.9. The summed E-state index contributed by atoms with van der Waals surface area (Å²) in [7, 11) is 0. The molecule has 7 heteroatoms. The molecule has 1 aliphatic rings. The molecule has 5 nitrogen and oxygen atoms in total. The van der Waals surface area contributed by atoms with Crippen molar-refractivity contribution in [1.29, 1.82) is 0 Å². The van der Waals surface area contributed by atoms with Gasteiger partial charge in [0, 0.05) is 33.4 Å². The Hall–Kier alpha value is -3.54. The maximum absolute atomic E-state index is 13.5. The number of halogens is 2. The monoisotopic (exact) mass is 504 g/mol. The van der Waals surface area contributed by atoms with Gasteiger partial charge in [-0.05, 0) is 68.3 Å². The molecule has 1 aromatic heterocycles. The SMILES string of the molecule is Cc1ccc(N2C(=O)C(=O)/C(=C(/O)c3ccc(Cl)c(Cl)c3)C2c2c(C)[nH]c3ccccc23)cc1C. The van der Waals surface area contributed by atoms with E-state index in [1.165, 1.54) is 11.0 Å². The quantitative estimate of drug-likeness (QED) is 0.178. The number of benzene rings is 3. The fourth-order valence-electron chi connectivity index (χ4n) is 4.70. The number of H-pyrrole nitrogens is 1. The number of anilines is 1. The van der Waals surface area contributed by atoms with E-state index in [4.69, 9.17) is 23.2 Å². The van der Waals surface area contributed by atoms with Crippen molar-refractivity contribution < 1.29 is 14.7 Å². The van der Waals surface area contributed by atoms with E-state index in [-0.39, 0.29) is 16.4 Å². The molecule has 0 spiro atoms. The van der Waals surface area contributed by atoms with Crippen LogP contribution >= 0.6 is 23.2 Å². The molecule has 1 aliphatic heterocycles. The number of aromatic amines is 1. The highest BCUT2D eigenvalue weighted by Crippen LogP contribution is 2.46. The van der Waals surface area contributed by atoms with Crippen LogP contribution < -0.4 is 4.90 Å². The second-order valence-corrected chi connectivity index (χ2v) is 9.59. The Balaban J connectivity index is 1.82. The average molecular weight is 505 g/mol. The molecule has 176 valence electrons. The molecule has 3 aromatic carbocycles. The molecule has 0 saturated carbocycles. The fraction of sp³-hybridized carbons (Fsp3) is 0.143. The van der Waals surface area contributed by atoms with Gasteiger partial charge in [0.05, 0.1) is 21.7 Å². The summed E-state index contributed by atoms with van der Waals surface area (Å²) < 4.78 is 0. The molecule has 2 heterocycles. The van der Waals surface area contributed by atoms with Crippen molar-refractivity contribution >= 4 is 57.2 Å². The summed E-state index contributed by atoms with van der Waals surface area (Å²) in [5.74, 6) is -1.77. The maximum Gasteiger partial charge on any atom is 0.300 e. The van der Waals surface area contributed by atoms with Crippen LogP contribution in [0.1, 0.15) is 34.0 Å². The van der Waals surface area contributed by atoms with Crippen molar-refractivity contribution in [2.24, 2.45) is 0 Å². The number of aryl methyl sites for hydroxylation is 3. The topological polar surface area (TPSA) is 73.4 Å². The van der Waals surface area contributed by atoms with Gasteiger partial charge in [-0.3, -0.25) is 14.5 Å². The number of Topliss-reactive ketones (excluding diaryl/α,β-unsaturated/α-hetero) is 1. The van der Waals surface area contributed by atoms with E-state index in [0.717, 1.165) is 33.3 Å². The van der Waals surface area contributed by atoms with Crippen LogP contribution in [0.25, 0.3) is 16.7 Å². The van der Waals surface area contributed by atoms with Crippen LogP contribution in [0.4, 0.5) is 5.69 Å². The zero-order valence-corrected chi connectivity index (χ0v) is 20.8. The lowest BCUT2D eigenvalue weighted by Gasteiger charge is -2.26. The third-order valence-electron chi connectivity index (χ3n) is 6.62. The number of hydrogen-bond donors (Lipinski definition) is 2. The second kappa shape index (κ2) is 8.59. The van der Waals surface area contributed by atoms with E-state index in [1.54, 1.807) is 12.1 Å². The van der Waals surface area contributed by atoms with Crippen molar-refractivity contribution in [1.82, 2.24) is 4.98 Å². The summed E-state index contributed by atoms with van der Waals surface area (Å²) >= 11 is 12.3. The molecular weight excluding hydrogens is 483 g/mol. The molecule has 1 unspecified atom stereocenters. The Labute approximate surface area is 212 Å². The molecule has 1 saturated heterocycles. The number of carbonyl (C=O) groups excluding carboxylic acids is 2. The fourth-order valence-corrected chi connectivity index (χ4v) is 5.00. The Bertz CT molecular complexity index is 1570. The van der Waals surface area contributed by atoms with Crippen molar-refractivity contribution in [3.63, 3.8) is 0 Å². The van der Waals surface area contributed by atoms with Crippen LogP contribution in [0.15, 0.2) is 66.2 Å². The molecule has 1 amide bonds. The summed E-state index contributed by atoms with van der Waals surface area (Å²) in [5, 5.41) is 12.8. The van der Waals surface area contributed by atoms with Gasteiger partial charge in [-0.1, -0.05) is 47.5 Å². The highest BCUT2D eigenvalue weighted by molar-refractivity contribution is 6.52. The van der Waals surface area contributed by atoms with Gasteiger partial charge >= 0.3 is 0 Å². The number of rotatable bonds is 3. The summed E-state index contributed by atoms with van der Waals surface area (Å²) in [5.41, 5.74) is 5.37. The molecule has 0 aliphatic carbocycles. The number of nitrogens with one attached hydrogen (secondary N) is 1. The van der Waals surface area contributed by atoms with Crippen LogP contribution in [0, 0.1) is 20.8 Å². The molecule has 5 rings (SSSR count). The normalized spacial score (nSPS) is 17.5. The summed E-state index contributed by atoms with van der Waals surface area (Å²) in [6.45, 7) is 5.84. The number of aromatic nitrogens is 1. The minimum Gasteiger partial charge on any atom is -0.507 e. The number of carbonyl (C=O) groups is 2. The number of para-hydroxylation sites is 1. The van der Waals surface area contributed by atoms with E-state index in [0.29, 0.717) is 16.3 Å². The van der Waals surface area contributed by atoms with Gasteiger partial charge in [-0.15, -0.1) is 0 Å².